The number of amides is 1. The van der Waals surface area contributed by atoms with Gasteiger partial charge in [-0.15, -0.1) is 0 Å². The maximum atomic E-state index is 13.3. The van der Waals surface area contributed by atoms with E-state index in [4.69, 9.17) is 37.9 Å². The summed E-state index contributed by atoms with van der Waals surface area (Å²) >= 11 is 14.2. The number of fused-ring (bicyclic) bond motifs is 1. The van der Waals surface area contributed by atoms with Gasteiger partial charge >= 0.3 is 0 Å². The highest BCUT2D eigenvalue weighted by atomic mass is 35.5. The van der Waals surface area contributed by atoms with E-state index in [0.717, 1.165) is 39.8 Å². The summed E-state index contributed by atoms with van der Waals surface area (Å²) in [6.45, 7) is 5.40. The van der Waals surface area contributed by atoms with Crippen LogP contribution in [0, 0.1) is 6.92 Å². The first-order valence-corrected chi connectivity index (χ1v) is 16.9. The molecular formula is C37H38Cl2N6O4. The number of ether oxygens (including phenoxy) is 1. The summed E-state index contributed by atoms with van der Waals surface area (Å²) in [5.74, 6) is 0.583. The minimum atomic E-state index is -0.517. The van der Waals surface area contributed by atoms with E-state index in [-0.39, 0.29) is 17.5 Å². The molecule has 12 heteroatoms. The third kappa shape index (κ3) is 7.49. The number of aliphatic hydroxyl groups excluding tert-OH is 1. The summed E-state index contributed by atoms with van der Waals surface area (Å²) in [4.78, 5) is 34.3. The van der Waals surface area contributed by atoms with Crippen LogP contribution in [-0.2, 0) is 17.9 Å². The highest BCUT2D eigenvalue weighted by Crippen LogP contribution is 2.42. The van der Waals surface area contributed by atoms with Gasteiger partial charge in [-0.2, -0.15) is 0 Å². The topological polar surface area (TPSA) is 130 Å². The van der Waals surface area contributed by atoms with Crippen molar-refractivity contribution in [2.24, 2.45) is 0 Å². The number of hydrogen-bond acceptors (Lipinski definition) is 8. The van der Waals surface area contributed by atoms with Gasteiger partial charge in [0, 0.05) is 78.3 Å². The largest absolute Gasteiger partial charge is 0.481 e. The lowest BCUT2D eigenvalue weighted by Crippen LogP contribution is -2.35. The van der Waals surface area contributed by atoms with Gasteiger partial charge in [0.25, 0.3) is 5.56 Å². The first-order chi connectivity index (χ1) is 23.6. The fourth-order valence-corrected chi connectivity index (χ4v) is 6.77. The molecule has 4 heterocycles. The molecule has 2 aromatic carbocycles. The molecule has 1 amide bonds. The van der Waals surface area contributed by atoms with Crippen LogP contribution in [0.2, 0.25) is 10.0 Å². The third-order valence-corrected chi connectivity index (χ3v) is 9.48. The summed E-state index contributed by atoms with van der Waals surface area (Å²) in [7, 11) is 1.59. The molecule has 0 spiro atoms. The van der Waals surface area contributed by atoms with Crippen molar-refractivity contribution in [3.63, 3.8) is 0 Å². The molecule has 1 saturated heterocycles. The zero-order chi connectivity index (χ0) is 34.7. The predicted molar refractivity (Wildman–Crippen MR) is 193 cm³/mol. The van der Waals surface area contributed by atoms with E-state index >= 15 is 0 Å². The molecule has 49 heavy (non-hydrogen) atoms. The number of aromatic nitrogens is 3. The van der Waals surface area contributed by atoms with E-state index in [1.165, 1.54) is 4.40 Å². The molecule has 0 bridgehead atoms. The summed E-state index contributed by atoms with van der Waals surface area (Å²) in [5.41, 5.74) is 6.86. The van der Waals surface area contributed by atoms with Gasteiger partial charge in [0.05, 0.1) is 34.5 Å². The zero-order valence-electron chi connectivity index (χ0n) is 27.5. The zero-order valence-corrected chi connectivity index (χ0v) is 29.0. The molecule has 0 unspecified atom stereocenters. The van der Waals surface area contributed by atoms with Crippen LogP contribution in [0.1, 0.15) is 36.6 Å². The van der Waals surface area contributed by atoms with Crippen LogP contribution in [0.3, 0.4) is 0 Å². The Morgan fingerprint density at radius 2 is 1.69 bits per heavy atom. The van der Waals surface area contributed by atoms with E-state index in [9.17, 15) is 14.7 Å². The molecule has 0 radical (unpaired) electrons. The Bertz CT molecular complexity index is 2080. The van der Waals surface area contributed by atoms with Crippen LogP contribution in [0.15, 0.2) is 71.7 Å². The van der Waals surface area contributed by atoms with Crippen LogP contribution in [0.25, 0.3) is 39.2 Å². The van der Waals surface area contributed by atoms with E-state index < -0.39 is 6.10 Å². The van der Waals surface area contributed by atoms with E-state index in [1.807, 2.05) is 67.6 Å². The Balaban J connectivity index is 1.27. The number of nitrogens with one attached hydrogen (secondary N) is 3. The third-order valence-electron chi connectivity index (χ3n) is 8.67. The fraction of sp³-hybridized carbons (Fsp3) is 0.297. The molecule has 254 valence electrons. The molecule has 3 aromatic heterocycles. The number of halogens is 2. The number of aryl methyl sites for hydroxylation is 1. The average Bonchev–Trinajstić information content (AvgIpc) is 3.51. The normalized spacial score (nSPS) is 15.1. The summed E-state index contributed by atoms with van der Waals surface area (Å²) in [5, 5.41) is 20.0. The highest BCUT2D eigenvalue weighted by molar-refractivity contribution is 6.39. The molecule has 4 N–H and O–H groups in total. The molecule has 1 aliphatic heterocycles. The maximum absolute atomic E-state index is 13.3. The molecule has 10 nitrogen and oxygen atoms in total. The van der Waals surface area contributed by atoms with Gasteiger partial charge in [-0.1, -0.05) is 65.7 Å². The van der Waals surface area contributed by atoms with Gasteiger partial charge in [0.1, 0.15) is 5.65 Å². The second kappa shape index (κ2) is 15.1. The van der Waals surface area contributed by atoms with E-state index in [2.05, 4.69) is 16.0 Å². The molecule has 2 atom stereocenters. The minimum absolute atomic E-state index is 0.0926. The summed E-state index contributed by atoms with van der Waals surface area (Å²) in [6, 6.07) is 19.2. The number of benzene rings is 2. The lowest BCUT2D eigenvalue weighted by atomic mass is 9.97. The number of nitrogens with zero attached hydrogens (tertiary/aromatic N) is 3. The van der Waals surface area contributed by atoms with Crippen molar-refractivity contribution in [2.75, 3.05) is 20.2 Å². The van der Waals surface area contributed by atoms with Crippen molar-refractivity contribution < 1.29 is 14.6 Å². The van der Waals surface area contributed by atoms with Crippen LogP contribution in [-0.4, -0.2) is 57.7 Å². The van der Waals surface area contributed by atoms with Crippen molar-refractivity contribution in [3.8, 4) is 39.4 Å². The van der Waals surface area contributed by atoms with Crippen LogP contribution < -0.4 is 26.2 Å². The highest BCUT2D eigenvalue weighted by Gasteiger charge is 2.21. The van der Waals surface area contributed by atoms with Crippen molar-refractivity contribution in [1.82, 2.24) is 30.3 Å². The number of aliphatic hydroxyl groups is 1. The second-order valence-corrected chi connectivity index (χ2v) is 13.0. The Hall–Kier alpha value is -4.32. The molecule has 6 rings (SSSR count). The second-order valence-electron chi connectivity index (χ2n) is 12.2. The Morgan fingerprint density at radius 3 is 2.39 bits per heavy atom. The van der Waals surface area contributed by atoms with Crippen molar-refractivity contribution >= 4 is 34.8 Å². The van der Waals surface area contributed by atoms with Crippen molar-refractivity contribution in [3.05, 3.63) is 104 Å². The minimum Gasteiger partial charge on any atom is -0.481 e. The SMILES string of the molecule is COc1nc(-c2cccc(-c3cccc(-c4ccn5c(=O)c(CNC[C@H](C)O)c(C)nc5c4)c3Cl)c2Cl)ccc1CNC[C@H]1CCC(=O)N1. The number of hydrogen-bond donors (Lipinski definition) is 4. The maximum Gasteiger partial charge on any atom is 0.262 e. The number of carbonyl (C=O) groups excluding carboxylic acids is 1. The number of carbonyl (C=O) groups is 1. The lowest BCUT2D eigenvalue weighted by Gasteiger charge is -2.16. The molecular weight excluding hydrogens is 663 g/mol. The first-order valence-electron chi connectivity index (χ1n) is 16.2. The lowest BCUT2D eigenvalue weighted by molar-refractivity contribution is -0.119. The van der Waals surface area contributed by atoms with Crippen molar-refractivity contribution in [1.29, 1.82) is 0 Å². The first kappa shape index (κ1) is 34.5. The molecule has 1 fully saturated rings. The molecule has 5 aromatic rings. The van der Waals surface area contributed by atoms with Gasteiger partial charge in [-0.25, -0.2) is 9.97 Å². The van der Waals surface area contributed by atoms with E-state index in [0.29, 0.717) is 71.1 Å². The van der Waals surface area contributed by atoms with Gasteiger partial charge in [-0.3, -0.25) is 14.0 Å². The molecule has 0 aliphatic carbocycles. The number of pyridine rings is 2. The predicted octanol–water partition coefficient (Wildman–Crippen LogP) is 5.55. The molecule has 1 aliphatic rings. The van der Waals surface area contributed by atoms with Gasteiger partial charge < -0.3 is 25.8 Å². The Labute approximate surface area is 294 Å². The van der Waals surface area contributed by atoms with Gasteiger partial charge in [0.2, 0.25) is 11.8 Å². The standard InChI is InChI=1S/C37H38Cl2N6O4/c1-21(46)17-40-20-30-22(2)42-32-16-23(14-15-45(32)37(30)48)26-6-4-7-27(34(26)38)28-8-5-9-29(35(28)39)31-12-10-24(36(44-31)49-3)18-41-19-25-11-13-33(47)43-25/h4-10,12,14-16,21,25,40-41,46H,11,13,17-20H2,1-3H3,(H,43,47)/t21-,25+/m0/s1. The number of methoxy groups -OCH3 is 1. The van der Waals surface area contributed by atoms with Crippen molar-refractivity contribution in [2.45, 2.75) is 51.9 Å². The fourth-order valence-electron chi connectivity index (χ4n) is 6.11. The smallest absolute Gasteiger partial charge is 0.262 e. The van der Waals surface area contributed by atoms with E-state index in [1.54, 1.807) is 20.2 Å². The Morgan fingerprint density at radius 1 is 0.980 bits per heavy atom. The quantitative estimate of drug-likeness (QED) is 0.133. The van der Waals surface area contributed by atoms with Crippen LogP contribution >= 0.6 is 23.2 Å². The summed E-state index contributed by atoms with van der Waals surface area (Å²) < 4.78 is 7.16. The molecule has 0 saturated carbocycles. The van der Waals surface area contributed by atoms with Crippen LogP contribution in [0.5, 0.6) is 5.88 Å². The average molecular weight is 702 g/mol. The van der Waals surface area contributed by atoms with Gasteiger partial charge in [-0.05, 0) is 44.0 Å². The monoisotopic (exact) mass is 700 g/mol. The number of rotatable bonds is 12. The summed E-state index contributed by atoms with van der Waals surface area (Å²) in [6.07, 6.45) is 2.58. The Kier molecular flexibility index (Phi) is 10.6. The van der Waals surface area contributed by atoms with Crippen LogP contribution in [0.4, 0.5) is 0 Å². The van der Waals surface area contributed by atoms with Gasteiger partial charge in [0.15, 0.2) is 0 Å².